The monoisotopic (exact) mass is 250 g/mol. The second kappa shape index (κ2) is 5.18. The maximum absolute atomic E-state index is 11.0. The number of anilines is 2. The van der Waals surface area contributed by atoms with Crippen LogP contribution in [0.25, 0.3) is 0 Å². The molecule has 18 heavy (non-hydrogen) atoms. The largest absolute Gasteiger partial charge is 0.354 e. The molecule has 0 aromatic carbocycles. The number of hydrogen-bond donors (Lipinski definition) is 3. The lowest BCUT2D eigenvalue weighted by Crippen LogP contribution is -2.35. The number of amides is 1. The molecule has 7 heteroatoms. The summed E-state index contributed by atoms with van der Waals surface area (Å²) < 4.78 is 0. The number of hydrogen-bond acceptors (Lipinski definition) is 6. The van der Waals surface area contributed by atoms with Crippen molar-refractivity contribution in [2.24, 2.45) is 5.84 Å². The molecule has 0 saturated carbocycles. The van der Waals surface area contributed by atoms with Gasteiger partial charge in [-0.15, -0.1) is 0 Å². The van der Waals surface area contributed by atoms with E-state index in [4.69, 9.17) is 5.84 Å². The average Bonchev–Trinajstić information content (AvgIpc) is 2.77. The standard InChI is InChI=1S/C11H18N6O/c1-7-5-13-11(16-12)15-10(7)17-4-3-9(6-17)14-8(2)18/h5,9H,3-4,6,12H2,1-2H3,(H,14,18)(H,13,15,16). The highest BCUT2D eigenvalue weighted by atomic mass is 16.1. The van der Waals surface area contributed by atoms with Crippen LogP contribution in [0.5, 0.6) is 0 Å². The van der Waals surface area contributed by atoms with Gasteiger partial charge < -0.3 is 10.2 Å². The molecule has 0 radical (unpaired) electrons. The van der Waals surface area contributed by atoms with Gasteiger partial charge in [-0.2, -0.15) is 4.98 Å². The van der Waals surface area contributed by atoms with Gasteiger partial charge in [-0.25, -0.2) is 10.8 Å². The van der Waals surface area contributed by atoms with E-state index in [1.807, 2.05) is 6.92 Å². The lowest BCUT2D eigenvalue weighted by Gasteiger charge is -2.20. The van der Waals surface area contributed by atoms with E-state index in [1.165, 1.54) is 6.92 Å². The maximum atomic E-state index is 11.0. The molecule has 2 heterocycles. The first-order chi connectivity index (χ1) is 8.60. The number of nitrogens with zero attached hydrogens (tertiary/aromatic N) is 3. The Morgan fingerprint density at radius 2 is 2.39 bits per heavy atom. The Kier molecular flexibility index (Phi) is 3.61. The van der Waals surface area contributed by atoms with Crippen LogP contribution in [0.3, 0.4) is 0 Å². The second-order valence-corrected chi connectivity index (χ2v) is 4.48. The first-order valence-corrected chi connectivity index (χ1v) is 5.92. The highest BCUT2D eigenvalue weighted by molar-refractivity contribution is 5.73. The zero-order chi connectivity index (χ0) is 13.1. The number of aryl methyl sites for hydroxylation is 1. The van der Waals surface area contributed by atoms with Crippen molar-refractivity contribution in [3.63, 3.8) is 0 Å². The highest BCUT2D eigenvalue weighted by Gasteiger charge is 2.25. The minimum absolute atomic E-state index is 0.00516. The Morgan fingerprint density at radius 1 is 1.61 bits per heavy atom. The van der Waals surface area contributed by atoms with E-state index in [0.29, 0.717) is 5.95 Å². The summed E-state index contributed by atoms with van der Waals surface area (Å²) in [5.41, 5.74) is 3.44. The van der Waals surface area contributed by atoms with E-state index in [2.05, 4.69) is 25.6 Å². The summed E-state index contributed by atoms with van der Waals surface area (Å²) in [4.78, 5) is 21.6. The quantitative estimate of drug-likeness (QED) is 0.507. The summed E-state index contributed by atoms with van der Waals surface area (Å²) in [7, 11) is 0. The number of carbonyl (C=O) groups excluding carboxylic acids is 1. The van der Waals surface area contributed by atoms with Gasteiger partial charge in [-0.3, -0.25) is 10.2 Å². The van der Waals surface area contributed by atoms with Gasteiger partial charge in [0.1, 0.15) is 5.82 Å². The molecule has 1 amide bonds. The minimum atomic E-state index is 0.00516. The minimum Gasteiger partial charge on any atom is -0.354 e. The predicted octanol–water partition coefficient (Wildman–Crippen LogP) is -0.215. The summed E-state index contributed by atoms with van der Waals surface area (Å²) in [5, 5.41) is 2.93. The molecule has 1 fully saturated rings. The molecule has 0 spiro atoms. The normalized spacial score (nSPS) is 18.8. The van der Waals surface area contributed by atoms with Crippen LogP contribution in [0.4, 0.5) is 11.8 Å². The Morgan fingerprint density at radius 3 is 3.06 bits per heavy atom. The van der Waals surface area contributed by atoms with Gasteiger partial charge in [0.15, 0.2) is 0 Å². The number of hydrazine groups is 1. The zero-order valence-electron chi connectivity index (χ0n) is 10.6. The van der Waals surface area contributed by atoms with Crippen LogP contribution in [-0.4, -0.2) is 35.0 Å². The number of rotatable bonds is 3. The summed E-state index contributed by atoms with van der Waals surface area (Å²) in [5.74, 6) is 6.58. The van der Waals surface area contributed by atoms with Crippen molar-refractivity contribution in [2.45, 2.75) is 26.3 Å². The first-order valence-electron chi connectivity index (χ1n) is 5.92. The second-order valence-electron chi connectivity index (χ2n) is 4.48. The van der Waals surface area contributed by atoms with Crippen molar-refractivity contribution in [1.82, 2.24) is 15.3 Å². The predicted molar refractivity (Wildman–Crippen MR) is 69.0 cm³/mol. The van der Waals surface area contributed by atoms with Crippen molar-refractivity contribution in [2.75, 3.05) is 23.4 Å². The fraction of sp³-hybridized carbons (Fsp3) is 0.545. The third-order valence-corrected chi connectivity index (χ3v) is 2.97. The molecule has 1 atom stereocenters. The van der Waals surface area contributed by atoms with E-state index in [9.17, 15) is 4.79 Å². The molecule has 7 nitrogen and oxygen atoms in total. The van der Waals surface area contributed by atoms with Gasteiger partial charge in [0.05, 0.1) is 0 Å². The molecular weight excluding hydrogens is 232 g/mol. The van der Waals surface area contributed by atoms with E-state index < -0.39 is 0 Å². The topological polar surface area (TPSA) is 96.2 Å². The van der Waals surface area contributed by atoms with Crippen LogP contribution in [0.2, 0.25) is 0 Å². The van der Waals surface area contributed by atoms with Gasteiger partial charge in [0.25, 0.3) is 0 Å². The number of aromatic nitrogens is 2. The lowest BCUT2D eigenvalue weighted by atomic mass is 10.2. The number of nitrogen functional groups attached to an aromatic ring is 1. The third-order valence-electron chi connectivity index (χ3n) is 2.97. The zero-order valence-corrected chi connectivity index (χ0v) is 10.6. The molecule has 1 unspecified atom stereocenters. The van der Waals surface area contributed by atoms with Crippen LogP contribution >= 0.6 is 0 Å². The molecular formula is C11H18N6O. The Hall–Kier alpha value is -1.89. The van der Waals surface area contributed by atoms with Gasteiger partial charge >= 0.3 is 0 Å². The summed E-state index contributed by atoms with van der Waals surface area (Å²) >= 11 is 0. The van der Waals surface area contributed by atoms with Crippen molar-refractivity contribution < 1.29 is 4.79 Å². The Balaban J connectivity index is 2.11. The van der Waals surface area contributed by atoms with E-state index in [0.717, 1.165) is 30.9 Å². The SMILES string of the molecule is CC(=O)NC1CCN(c2nc(NN)ncc2C)C1. The number of nitrogens with two attached hydrogens (primary N) is 1. The third kappa shape index (κ3) is 2.67. The van der Waals surface area contributed by atoms with Gasteiger partial charge in [-0.1, -0.05) is 0 Å². The van der Waals surface area contributed by atoms with Gasteiger partial charge in [0.2, 0.25) is 11.9 Å². The summed E-state index contributed by atoms with van der Waals surface area (Å²) in [6, 6.07) is 0.186. The summed E-state index contributed by atoms with van der Waals surface area (Å²) in [6.07, 6.45) is 2.66. The smallest absolute Gasteiger partial charge is 0.239 e. The molecule has 4 N–H and O–H groups in total. The van der Waals surface area contributed by atoms with Gasteiger partial charge in [-0.05, 0) is 13.3 Å². The molecule has 1 aliphatic heterocycles. The molecule has 2 rings (SSSR count). The van der Waals surface area contributed by atoms with Crippen molar-refractivity contribution >= 4 is 17.7 Å². The number of nitrogens with one attached hydrogen (secondary N) is 2. The van der Waals surface area contributed by atoms with Crippen LogP contribution in [0.1, 0.15) is 18.9 Å². The van der Waals surface area contributed by atoms with Crippen molar-refractivity contribution in [3.05, 3.63) is 11.8 Å². The molecule has 0 aliphatic carbocycles. The Labute approximate surface area is 106 Å². The van der Waals surface area contributed by atoms with E-state index >= 15 is 0 Å². The Bertz CT molecular complexity index is 449. The molecule has 1 aromatic heterocycles. The summed E-state index contributed by atoms with van der Waals surface area (Å²) in [6.45, 7) is 5.13. The maximum Gasteiger partial charge on any atom is 0.239 e. The lowest BCUT2D eigenvalue weighted by molar-refractivity contribution is -0.119. The average molecular weight is 250 g/mol. The molecule has 1 aromatic rings. The van der Waals surface area contributed by atoms with Crippen LogP contribution < -0.4 is 21.5 Å². The number of carbonyl (C=O) groups is 1. The molecule has 1 saturated heterocycles. The highest BCUT2D eigenvalue weighted by Crippen LogP contribution is 2.22. The molecule has 1 aliphatic rings. The van der Waals surface area contributed by atoms with Gasteiger partial charge in [0, 0.05) is 37.8 Å². The molecule has 98 valence electrons. The van der Waals surface area contributed by atoms with Crippen LogP contribution in [0.15, 0.2) is 6.20 Å². The fourth-order valence-electron chi connectivity index (χ4n) is 2.18. The van der Waals surface area contributed by atoms with Crippen LogP contribution in [0, 0.1) is 6.92 Å². The van der Waals surface area contributed by atoms with E-state index in [-0.39, 0.29) is 11.9 Å². The first kappa shape index (κ1) is 12.6. The van der Waals surface area contributed by atoms with Crippen molar-refractivity contribution in [3.8, 4) is 0 Å². The van der Waals surface area contributed by atoms with Crippen molar-refractivity contribution in [1.29, 1.82) is 0 Å². The fourth-order valence-corrected chi connectivity index (χ4v) is 2.18. The van der Waals surface area contributed by atoms with Crippen LogP contribution in [-0.2, 0) is 4.79 Å². The van der Waals surface area contributed by atoms with E-state index in [1.54, 1.807) is 6.20 Å². The molecule has 0 bridgehead atoms.